The van der Waals surface area contributed by atoms with Crippen LogP contribution < -0.4 is 20.4 Å². The van der Waals surface area contributed by atoms with Crippen molar-refractivity contribution >= 4 is 34.9 Å². The van der Waals surface area contributed by atoms with Gasteiger partial charge < -0.3 is 25.2 Å². The van der Waals surface area contributed by atoms with Crippen LogP contribution in [0.1, 0.15) is 33.1 Å². The summed E-state index contributed by atoms with van der Waals surface area (Å²) in [6.07, 6.45) is 3.70. The van der Waals surface area contributed by atoms with Gasteiger partial charge in [0.2, 0.25) is 5.95 Å². The number of hydrogen-bond acceptors (Lipinski definition) is 6. The minimum Gasteiger partial charge on any atom is -0.378 e. The number of nitrogens with one attached hydrogen (secondary N) is 2. The van der Waals surface area contributed by atoms with Crippen LogP contribution in [0.5, 0.6) is 0 Å². The van der Waals surface area contributed by atoms with Crippen molar-refractivity contribution in [3.63, 3.8) is 0 Å². The van der Waals surface area contributed by atoms with E-state index in [1.54, 1.807) is 0 Å². The molecule has 1 atom stereocenters. The zero-order valence-electron chi connectivity index (χ0n) is 15.1. The molecule has 2 aliphatic heterocycles. The van der Waals surface area contributed by atoms with Crippen molar-refractivity contribution in [2.45, 2.75) is 39.2 Å². The second kappa shape index (κ2) is 8.62. The average Bonchev–Trinajstić information content (AvgIpc) is 2.63. The maximum Gasteiger partial charge on any atom is 0.232 e. The summed E-state index contributed by atoms with van der Waals surface area (Å²) in [7, 11) is 0. The summed E-state index contributed by atoms with van der Waals surface area (Å²) in [5.74, 6) is 2.47. The fraction of sp³-hybridized carbons (Fsp3) is 0.706. The third-order valence-electron chi connectivity index (χ3n) is 4.69. The number of hydrogen-bond donors (Lipinski definition) is 2. The number of aromatic nitrogens is 2. The van der Waals surface area contributed by atoms with Gasteiger partial charge in [-0.3, -0.25) is 0 Å². The van der Waals surface area contributed by atoms with Crippen LogP contribution >= 0.6 is 12.2 Å². The number of rotatable bonds is 4. The Morgan fingerprint density at radius 3 is 2.72 bits per heavy atom. The molecule has 2 fully saturated rings. The van der Waals surface area contributed by atoms with Crippen molar-refractivity contribution in [3.05, 3.63) is 6.07 Å². The zero-order chi connectivity index (χ0) is 17.6. The molecule has 0 aromatic carbocycles. The minimum absolute atomic E-state index is 0.495. The van der Waals surface area contributed by atoms with Crippen LogP contribution in [0, 0.1) is 0 Å². The van der Waals surface area contributed by atoms with Gasteiger partial charge in [0.25, 0.3) is 0 Å². The first kappa shape index (κ1) is 18.1. The van der Waals surface area contributed by atoms with E-state index < -0.39 is 0 Å². The molecular weight excluding hydrogens is 336 g/mol. The molecule has 0 aliphatic carbocycles. The van der Waals surface area contributed by atoms with Crippen LogP contribution in [0.3, 0.4) is 0 Å². The largest absolute Gasteiger partial charge is 0.378 e. The third kappa shape index (κ3) is 4.70. The van der Waals surface area contributed by atoms with Crippen LogP contribution in [-0.4, -0.2) is 60.5 Å². The standard InChI is InChI=1S/C17H28N6OS/c1-3-18-17(25)21-16-19-14(22-8-10-24-11-9-22)12-15(20-16)23-7-5-4-6-13(23)2/h12-13H,3-11H2,1-2H3,(H2,18,19,20,21,25)/t13-/m1/s1. The van der Waals surface area contributed by atoms with E-state index in [4.69, 9.17) is 26.9 Å². The molecule has 2 N–H and O–H groups in total. The predicted molar refractivity (Wildman–Crippen MR) is 106 cm³/mol. The van der Waals surface area contributed by atoms with Crippen LogP contribution in [0.2, 0.25) is 0 Å². The summed E-state index contributed by atoms with van der Waals surface area (Å²) in [6.45, 7) is 9.26. The van der Waals surface area contributed by atoms with E-state index in [2.05, 4.69) is 33.4 Å². The van der Waals surface area contributed by atoms with Gasteiger partial charge in [-0.2, -0.15) is 9.97 Å². The van der Waals surface area contributed by atoms with Crippen molar-refractivity contribution in [2.24, 2.45) is 0 Å². The lowest BCUT2D eigenvalue weighted by molar-refractivity contribution is 0.122. The Morgan fingerprint density at radius 2 is 2.00 bits per heavy atom. The van der Waals surface area contributed by atoms with Gasteiger partial charge >= 0.3 is 0 Å². The molecule has 25 heavy (non-hydrogen) atoms. The summed E-state index contributed by atoms with van der Waals surface area (Å²) < 4.78 is 5.47. The monoisotopic (exact) mass is 364 g/mol. The number of thiocarbonyl (C=S) groups is 1. The van der Waals surface area contributed by atoms with E-state index in [0.717, 1.165) is 51.0 Å². The minimum atomic E-state index is 0.495. The van der Waals surface area contributed by atoms with Gasteiger partial charge in [0.1, 0.15) is 11.6 Å². The highest BCUT2D eigenvalue weighted by atomic mass is 32.1. The van der Waals surface area contributed by atoms with E-state index >= 15 is 0 Å². The highest BCUT2D eigenvalue weighted by molar-refractivity contribution is 7.80. The summed E-state index contributed by atoms with van der Waals surface area (Å²) in [6, 6.07) is 2.60. The molecule has 7 nitrogen and oxygen atoms in total. The Morgan fingerprint density at radius 1 is 1.24 bits per heavy atom. The van der Waals surface area contributed by atoms with E-state index in [9.17, 15) is 0 Å². The quantitative estimate of drug-likeness (QED) is 0.787. The summed E-state index contributed by atoms with van der Waals surface area (Å²) in [4.78, 5) is 14.1. The normalized spacial score (nSPS) is 21.1. The van der Waals surface area contributed by atoms with Crippen LogP contribution in [0.25, 0.3) is 0 Å². The Bertz CT molecular complexity index is 593. The molecule has 0 bridgehead atoms. The molecule has 0 unspecified atom stereocenters. The second-order valence-electron chi connectivity index (χ2n) is 6.53. The predicted octanol–water partition coefficient (Wildman–Crippen LogP) is 2.00. The lowest BCUT2D eigenvalue weighted by Gasteiger charge is -2.35. The summed E-state index contributed by atoms with van der Waals surface area (Å²) in [5, 5.41) is 6.78. The third-order valence-corrected chi connectivity index (χ3v) is 4.94. The number of piperidine rings is 1. The summed E-state index contributed by atoms with van der Waals surface area (Å²) >= 11 is 5.31. The van der Waals surface area contributed by atoms with Gasteiger partial charge in [-0.1, -0.05) is 0 Å². The molecule has 138 valence electrons. The van der Waals surface area contributed by atoms with Gasteiger partial charge in [-0.05, 0) is 45.3 Å². The second-order valence-corrected chi connectivity index (χ2v) is 6.94. The van der Waals surface area contributed by atoms with Crippen molar-refractivity contribution in [1.82, 2.24) is 15.3 Å². The fourth-order valence-electron chi connectivity index (χ4n) is 3.32. The Balaban J connectivity index is 1.88. The number of nitrogens with zero attached hydrogens (tertiary/aromatic N) is 4. The van der Waals surface area contributed by atoms with Gasteiger partial charge in [0.15, 0.2) is 5.11 Å². The molecule has 0 radical (unpaired) electrons. The Labute approximate surface area is 155 Å². The first-order valence-corrected chi connectivity index (χ1v) is 9.61. The molecule has 3 rings (SSSR count). The first-order valence-electron chi connectivity index (χ1n) is 9.20. The van der Waals surface area contributed by atoms with Crippen LogP contribution in [0.15, 0.2) is 6.07 Å². The number of ether oxygens (including phenoxy) is 1. The van der Waals surface area contributed by atoms with Crippen LogP contribution in [-0.2, 0) is 4.74 Å². The van der Waals surface area contributed by atoms with E-state index in [1.165, 1.54) is 19.3 Å². The SMILES string of the molecule is CCNC(=S)Nc1nc(N2CCOCC2)cc(N2CCCC[C@H]2C)n1. The van der Waals surface area contributed by atoms with E-state index in [0.29, 0.717) is 17.1 Å². The molecule has 1 aromatic heterocycles. The van der Waals surface area contributed by atoms with Gasteiger partial charge in [-0.15, -0.1) is 0 Å². The zero-order valence-corrected chi connectivity index (χ0v) is 15.9. The maximum atomic E-state index is 5.47. The van der Waals surface area contributed by atoms with Crippen molar-refractivity contribution in [3.8, 4) is 0 Å². The molecule has 0 saturated carbocycles. The van der Waals surface area contributed by atoms with Crippen molar-refractivity contribution < 1.29 is 4.74 Å². The molecule has 2 saturated heterocycles. The highest BCUT2D eigenvalue weighted by Gasteiger charge is 2.23. The molecule has 8 heteroatoms. The van der Waals surface area contributed by atoms with Gasteiger partial charge in [0, 0.05) is 38.3 Å². The van der Waals surface area contributed by atoms with Crippen molar-refractivity contribution in [2.75, 3.05) is 54.5 Å². The topological polar surface area (TPSA) is 65.6 Å². The molecule has 0 spiro atoms. The molecule has 2 aliphatic rings. The lowest BCUT2D eigenvalue weighted by Crippen LogP contribution is -2.40. The Kier molecular flexibility index (Phi) is 6.25. The first-order chi connectivity index (χ1) is 12.2. The van der Waals surface area contributed by atoms with Gasteiger partial charge in [-0.25, -0.2) is 0 Å². The molecule has 3 heterocycles. The van der Waals surface area contributed by atoms with E-state index in [1.807, 2.05) is 6.92 Å². The molecule has 0 amide bonds. The molecule has 1 aromatic rings. The highest BCUT2D eigenvalue weighted by Crippen LogP contribution is 2.27. The number of morpholine rings is 1. The molecular formula is C17H28N6OS. The van der Waals surface area contributed by atoms with Crippen LogP contribution in [0.4, 0.5) is 17.6 Å². The van der Waals surface area contributed by atoms with Crippen molar-refractivity contribution in [1.29, 1.82) is 0 Å². The summed E-state index contributed by atoms with van der Waals surface area (Å²) in [5.41, 5.74) is 0. The van der Waals surface area contributed by atoms with E-state index in [-0.39, 0.29) is 0 Å². The lowest BCUT2D eigenvalue weighted by atomic mass is 10.0. The number of anilines is 3. The maximum absolute atomic E-state index is 5.47. The van der Waals surface area contributed by atoms with Gasteiger partial charge in [0.05, 0.1) is 13.2 Å². The fourth-order valence-corrected chi connectivity index (χ4v) is 3.56. The Hall–Kier alpha value is -1.67. The average molecular weight is 365 g/mol. The smallest absolute Gasteiger partial charge is 0.232 e.